The number of aromatic nitrogens is 2. The van der Waals surface area contributed by atoms with Gasteiger partial charge in [-0.3, -0.25) is 0 Å². The van der Waals surface area contributed by atoms with Gasteiger partial charge in [-0.1, -0.05) is 29.3 Å². The monoisotopic (exact) mass is 297 g/mol. The molecule has 1 unspecified atom stereocenters. The number of nitrogens with one attached hydrogen (secondary N) is 1. The number of hydrogen-bond acceptors (Lipinski definition) is 2. The van der Waals surface area contributed by atoms with E-state index in [1.54, 1.807) is 6.07 Å². The van der Waals surface area contributed by atoms with Crippen LogP contribution in [0.3, 0.4) is 0 Å². The molecule has 1 atom stereocenters. The maximum absolute atomic E-state index is 6.14. The Morgan fingerprint density at radius 1 is 1.37 bits per heavy atom. The highest BCUT2D eigenvalue weighted by Crippen LogP contribution is 2.21. The van der Waals surface area contributed by atoms with Gasteiger partial charge < -0.3 is 9.88 Å². The summed E-state index contributed by atoms with van der Waals surface area (Å²) in [5.41, 5.74) is 1.10. The molecule has 0 bridgehead atoms. The molecule has 1 N–H and O–H groups in total. The first kappa shape index (κ1) is 14.4. The second kappa shape index (κ2) is 6.42. The molecular weight excluding hydrogens is 281 g/mol. The SMILES string of the molecule is CC(NCCc1ccc(Cl)cc1Cl)c1nccn1C. The van der Waals surface area contributed by atoms with Crippen LogP contribution >= 0.6 is 23.2 Å². The second-order valence-corrected chi connectivity index (χ2v) is 5.40. The normalized spacial score (nSPS) is 12.6. The lowest BCUT2D eigenvalue weighted by Crippen LogP contribution is -2.23. The van der Waals surface area contributed by atoms with Gasteiger partial charge >= 0.3 is 0 Å². The first-order chi connectivity index (χ1) is 9.08. The maximum atomic E-state index is 6.14. The molecule has 3 nitrogen and oxygen atoms in total. The van der Waals surface area contributed by atoms with Gasteiger partial charge in [0.25, 0.3) is 0 Å². The Balaban J connectivity index is 1.88. The van der Waals surface area contributed by atoms with Crippen LogP contribution in [-0.2, 0) is 13.5 Å². The quantitative estimate of drug-likeness (QED) is 0.913. The smallest absolute Gasteiger partial charge is 0.125 e. The molecule has 0 fully saturated rings. The standard InChI is InChI=1S/C14H17Cl2N3/c1-10(14-18-7-8-19(14)2)17-6-5-11-3-4-12(15)9-13(11)16/h3-4,7-10,17H,5-6H2,1-2H3. The third-order valence-electron chi connectivity index (χ3n) is 3.11. The minimum absolute atomic E-state index is 0.214. The fourth-order valence-corrected chi connectivity index (χ4v) is 2.54. The predicted molar refractivity (Wildman–Crippen MR) is 79.8 cm³/mol. The van der Waals surface area contributed by atoms with Gasteiger partial charge in [0.05, 0.1) is 6.04 Å². The van der Waals surface area contributed by atoms with Crippen LogP contribution in [0.15, 0.2) is 30.6 Å². The average Bonchev–Trinajstić information content (AvgIpc) is 2.78. The Morgan fingerprint density at radius 3 is 2.79 bits per heavy atom. The molecule has 0 amide bonds. The van der Waals surface area contributed by atoms with Crippen LogP contribution in [-0.4, -0.2) is 16.1 Å². The van der Waals surface area contributed by atoms with Crippen molar-refractivity contribution in [3.63, 3.8) is 0 Å². The second-order valence-electron chi connectivity index (χ2n) is 4.56. The zero-order valence-corrected chi connectivity index (χ0v) is 12.5. The first-order valence-electron chi connectivity index (χ1n) is 6.22. The molecule has 0 radical (unpaired) electrons. The van der Waals surface area contributed by atoms with Crippen LogP contribution in [0, 0.1) is 0 Å². The third kappa shape index (κ3) is 3.72. The lowest BCUT2D eigenvalue weighted by molar-refractivity contribution is 0.533. The minimum Gasteiger partial charge on any atom is -0.337 e. The van der Waals surface area contributed by atoms with Crippen molar-refractivity contribution < 1.29 is 0 Å². The van der Waals surface area contributed by atoms with Gasteiger partial charge in [-0.2, -0.15) is 0 Å². The van der Waals surface area contributed by atoms with E-state index in [0.29, 0.717) is 5.02 Å². The van der Waals surface area contributed by atoms with Gasteiger partial charge in [-0.25, -0.2) is 4.98 Å². The lowest BCUT2D eigenvalue weighted by atomic mass is 10.1. The number of benzene rings is 1. The Labute approximate surface area is 123 Å². The molecule has 1 heterocycles. The molecule has 1 aromatic carbocycles. The maximum Gasteiger partial charge on any atom is 0.125 e. The van der Waals surface area contributed by atoms with E-state index in [2.05, 4.69) is 17.2 Å². The average molecular weight is 298 g/mol. The molecule has 2 rings (SSSR count). The molecule has 1 aromatic heterocycles. The van der Waals surface area contributed by atoms with Crippen LogP contribution in [0.1, 0.15) is 24.4 Å². The largest absolute Gasteiger partial charge is 0.337 e. The number of aryl methyl sites for hydroxylation is 1. The highest BCUT2D eigenvalue weighted by Gasteiger charge is 2.09. The van der Waals surface area contributed by atoms with Gasteiger partial charge in [0.1, 0.15) is 5.82 Å². The summed E-state index contributed by atoms with van der Waals surface area (Å²) >= 11 is 12.0. The number of nitrogens with zero attached hydrogens (tertiary/aromatic N) is 2. The highest BCUT2D eigenvalue weighted by molar-refractivity contribution is 6.35. The van der Waals surface area contributed by atoms with Crippen LogP contribution in [0.4, 0.5) is 0 Å². The van der Waals surface area contributed by atoms with E-state index in [1.807, 2.05) is 36.1 Å². The lowest BCUT2D eigenvalue weighted by Gasteiger charge is -2.14. The van der Waals surface area contributed by atoms with E-state index < -0.39 is 0 Å². The van der Waals surface area contributed by atoms with E-state index in [9.17, 15) is 0 Å². The van der Waals surface area contributed by atoms with Crippen LogP contribution < -0.4 is 5.32 Å². The topological polar surface area (TPSA) is 29.9 Å². The summed E-state index contributed by atoms with van der Waals surface area (Å²) in [5, 5.41) is 4.83. The first-order valence-corrected chi connectivity index (χ1v) is 6.98. The minimum atomic E-state index is 0.214. The van der Waals surface area contributed by atoms with Gasteiger partial charge in [0, 0.05) is 29.5 Å². The summed E-state index contributed by atoms with van der Waals surface area (Å²) < 4.78 is 2.02. The molecule has 0 aliphatic carbocycles. The zero-order chi connectivity index (χ0) is 13.8. The summed E-state index contributed by atoms with van der Waals surface area (Å²) in [4.78, 5) is 4.33. The highest BCUT2D eigenvalue weighted by atomic mass is 35.5. The number of halogens is 2. The van der Waals surface area contributed by atoms with Crippen molar-refractivity contribution in [2.45, 2.75) is 19.4 Å². The third-order valence-corrected chi connectivity index (χ3v) is 3.69. The zero-order valence-electron chi connectivity index (χ0n) is 11.0. The molecule has 0 saturated carbocycles. The molecule has 0 saturated heterocycles. The number of hydrogen-bond donors (Lipinski definition) is 1. The Bertz CT molecular complexity index is 551. The van der Waals surface area contributed by atoms with Crippen molar-refractivity contribution in [3.8, 4) is 0 Å². The fraction of sp³-hybridized carbons (Fsp3) is 0.357. The molecule has 0 spiro atoms. The van der Waals surface area contributed by atoms with Gasteiger partial charge in [-0.15, -0.1) is 0 Å². The molecule has 0 aliphatic heterocycles. The van der Waals surface area contributed by atoms with E-state index in [0.717, 1.165) is 29.4 Å². The summed E-state index contributed by atoms with van der Waals surface area (Å²) in [7, 11) is 2.00. The molecule has 2 aromatic rings. The molecule has 5 heteroatoms. The van der Waals surface area contributed by atoms with Crippen molar-refractivity contribution in [2.24, 2.45) is 7.05 Å². The van der Waals surface area contributed by atoms with Crippen molar-refractivity contribution in [2.75, 3.05) is 6.54 Å². The van der Waals surface area contributed by atoms with E-state index in [4.69, 9.17) is 23.2 Å². The molecular formula is C14H17Cl2N3. The van der Waals surface area contributed by atoms with Gasteiger partial charge in [0.2, 0.25) is 0 Å². The Kier molecular flexibility index (Phi) is 4.86. The van der Waals surface area contributed by atoms with Crippen LogP contribution in [0.25, 0.3) is 0 Å². The van der Waals surface area contributed by atoms with Crippen molar-refractivity contribution in [1.82, 2.24) is 14.9 Å². The summed E-state index contributed by atoms with van der Waals surface area (Å²) in [6.07, 6.45) is 4.62. The van der Waals surface area contributed by atoms with Crippen molar-refractivity contribution in [3.05, 3.63) is 52.0 Å². The van der Waals surface area contributed by atoms with E-state index in [-0.39, 0.29) is 6.04 Å². The molecule has 102 valence electrons. The summed E-state index contributed by atoms with van der Waals surface area (Å²) in [5.74, 6) is 1.03. The van der Waals surface area contributed by atoms with Crippen molar-refractivity contribution >= 4 is 23.2 Å². The fourth-order valence-electron chi connectivity index (χ4n) is 2.03. The molecule has 19 heavy (non-hydrogen) atoms. The molecule has 0 aliphatic rings. The van der Waals surface area contributed by atoms with E-state index in [1.165, 1.54) is 0 Å². The van der Waals surface area contributed by atoms with Crippen LogP contribution in [0.2, 0.25) is 10.0 Å². The summed E-state index contributed by atoms with van der Waals surface area (Å²) in [6, 6.07) is 5.83. The van der Waals surface area contributed by atoms with Gasteiger partial charge in [-0.05, 0) is 37.6 Å². The van der Waals surface area contributed by atoms with E-state index >= 15 is 0 Å². The summed E-state index contributed by atoms with van der Waals surface area (Å²) in [6.45, 7) is 2.95. The number of imidazole rings is 1. The Hall–Kier alpha value is -1.03. The number of rotatable bonds is 5. The Morgan fingerprint density at radius 2 is 2.16 bits per heavy atom. The predicted octanol–water partition coefficient (Wildman–Crippen LogP) is 3.62. The van der Waals surface area contributed by atoms with Gasteiger partial charge in [0.15, 0.2) is 0 Å². The van der Waals surface area contributed by atoms with Crippen LogP contribution in [0.5, 0.6) is 0 Å². The van der Waals surface area contributed by atoms with Crippen molar-refractivity contribution in [1.29, 1.82) is 0 Å².